The van der Waals surface area contributed by atoms with Crippen molar-refractivity contribution in [1.29, 1.82) is 0 Å². The predicted octanol–water partition coefficient (Wildman–Crippen LogP) is 4.25. The van der Waals surface area contributed by atoms with Crippen LogP contribution in [0.5, 0.6) is 0 Å². The molecule has 1 aromatic heterocycles. The number of carbonyl (C=O) groups is 1. The summed E-state index contributed by atoms with van der Waals surface area (Å²) in [7, 11) is 0. The summed E-state index contributed by atoms with van der Waals surface area (Å²) in [5, 5.41) is 21.2. The molecule has 3 aromatic rings. The minimum Gasteiger partial charge on any atom is -0.323 e. The first kappa shape index (κ1) is 17.8. The summed E-state index contributed by atoms with van der Waals surface area (Å²) in [6, 6.07) is 13.4. The number of nitrogens with one attached hydrogen (secondary N) is 1. The van der Waals surface area contributed by atoms with Gasteiger partial charge in [0.1, 0.15) is 5.51 Å². The van der Waals surface area contributed by atoms with Crippen LogP contribution in [0.3, 0.4) is 0 Å². The third-order valence-corrected chi connectivity index (χ3v) is 4.96. The smallest absolute Gasteiger partial charge is 0.270 e. The zero-order valence-corrected chi connectivity index (χ0v) is 14.9. The topological polar surface area (TPSA) is 98.0 Å². The van der Waals surface area contributed by atoms with Crippen molar-refractivity contribution in [2.75, 3.05) is 5.32 Å². The molecule has 26 heavy (non-hydrogen) atoms. The highest BCUT2D eigenvalue weighted by atomic mass is 32.2. The lowest BCUT2D eigenvalue weighted by Gasteiger charge is -2.03. The van der Waals surface area contributed by atoms with Gasteiger partial charge in [0.05, 0.1) is 4.92 Å². The van der Waals surface area contributed by atoms with Gasteiger partial charge < -0.3 is 5.32 Å². The van der Waals surface area contributed by atoms with E-state index in [1.807, 2.05) is 12.1 Å². The van der Waals surface area contributed by atoms with Crippen molar-refractivity contribution in [2.24, 2.45) is 0 Å². The SMILES string of the molecule is O=C(C=Cc1cccc([N+](=O)[O-])c1)Nc1ccc(Sc2nncs2)cc1. The Labute approximate surface area is 156 Å². The molecule has 9 heteroatoms. The second-order valence-corrected chi connectivity index (χ2v) is 7.16. The van der Waals surface area contributed by atoms with E-state index in [-0.39, 0.29) is 11.6 Å². The number of hydrogen-bond donors (Lipinski definition) is 1. The highest BCUT2D eigenvalue weighted by molar-refractivity contribution is 8.01. The molecule has 0 bridgehead atoms. The average molecular weight is 384 g/mol. The second-order valence-electron chi connectivity index (χ2n) is 5.01. The highest BCUT2D eigenvalue weighted by Gasteiger charge is 2.05. The van der Waals surface area contributed by atoms with Gasteiger partial charge in [0.2, 0.25) is 5.91 Å². The molecule has 1 amide bonds. The summed E-state index contributed by atoms with van der Waals surface area (Å²) >= 11 is 2.96. The number of amides is 1. The molecule has 130 valence electrons. The molecule has 0 aliphatic heterocycles. The van der Waals surface area contributed by atoms with Crippen molar-refractivity contribution in [3.05, 3.63) is 75.8 Å². The van der Waals surface area contributed by atoms with E-state index in [1.165, 1.54) is 47.4 Å². The molecule has 1 heterocycles. The van der Waals surface area contributed by atoms with Crippen LogP contribution in [0, 0.1) is 10.1 Å². The minimum atomic E-state index is -0.473. The molecular formula is C17H12N4O3S2. The molecule has 3 rings (SSSR count). The van der Waals surface area contributed by atoms with E-state index in [9.17, 15) is 14.9 Å². The molecule has 2 aromatic carbocycles. The lowest BCUT2D eigenvalue weighted by molar-refractivity contribution is -0.384. The van der Waals surface area contributed by atoms with Crippen LogP contribution in [0.2, 0.25) is 0 Å². The molecular weight excluding hydrogens is 372 g/mol. The van der Waals surface area contributed by atoms with E-state index in [1.54, 1.807) is 29.8 Å². The van der Waals surface area contributed by atoms with Crippen LogP contribution < -0.4 is 5.32 Å². The van der Waals surface area contributed by atoms with Crippen LogP contribution in [-0.4, -0.2) is 21.0 Å². The fraction of sp³-hybridized carbons (Fsp3) is 0. The van der Waals surface area contributed by atoms with Gasteiger partial charge in [-0.25, -0.2) is 0 Å². The number of nitro benzene ring substituents is 1. The Hall–Kier alpha value is -3.04. The number of rotatable bonds is 6. The first-order chi connectivity index (χ1) is 12.6. The van der Waals surface area contributed by atoms with Gasteiger partial charge >= 0.3 is 0 Å². The van der Waals surface area contributed by atoms with Gasteiger partial charge in [-0.05, 0) is 35.9 Å². The lowest BCUT2D eigenvalue weighted by atomic mass is 10.2. The average Bonchev–Trinajstić information content (AvgIpc) is 3.15. The molecule has 0 fully saturated rings. The quantitative estimate of drug-likeness (QED) is 0.388. The van der Waals surface area contributed by atoms with E-state index in [2.05, 4.69) is 15.5 Å². The Kier molecular flexibility index (Phi) is 5.72. The fourth-order valence-electron chi connectivity index (χ4n) is 2.01. The first-order valence-electron chi connectivity index (χ1n) is 7.38. The minimum absolute atomic E-state index is 0.0175. The number of nitrogens with zero attached hydrogens (tertiary/aromatic N) is 3. The molecule has 0 unspecified atom stereocenters. The lowest BCUT2D eigenvalue weighted by Crippen LogP contribution is -2.07. The zero-order valence-electron chi connectivity index (χ0n) is 13.2. The van der Waals surface area contributed by atoms with Crippen molar-refractivity contribution in [2.45, 2.75) is 9.24 Å². The molecule has 0 radical (unpaired) electrons. The normalized spacial score (nSPS) is 10.8. The molecule has 0 aliphatic rings. The van der Waals surface area contributed by atoms with Crippen LogP contribution in [0.25, 0.3) is 6.08 Å². The van der Waals surface area contributed by atoms with Gasteiger partial charge in [-0.15, -0.1) is 10.2 Å². The second kappa shape index (κ2) is 8.37. The summed E-state index contributed by atoms with van der Waals surface area (Å²) in [6.45, 7) is 0. The monoisotopic (exact) mass is 384 g/mol. The number of benzene rings is 2. The van der Waals surface area contributed by atoms with Gasteiger partial charge in [0, 0.05) is 28.8 Å². The summed E-state index contributed by atoms with van der Waals surface area (Å²) in [4.78, 5) is 23.3. The van der Waals surface area contributed by atoms with E-state index < -0.39 is 4.92 Å². The molecule has 7 nitrogen and oxygen atoms in total. The Bertz CT molecular complexity index is 941. The molecule has 0 spiro atoms. The van der Waals surface area contributed by atoms with E-state index >= 15 is 0 Å². The first-order valence-corrected chi connectivity index (χ1v) is 9.07. The number of anilines is 1. The van der Waals surface area contributed by atoms with Gasteiger partial charge in [0.15, 0.2) is 4.34 Å². The Morgan fingerprint density at radius 1 is 1.23 bits per heavy atom. The molecule has 0 aliphatic carbocycles. The number of nitro groups is 1. The number of aromatic nitrogens is 2. The summed E-state index contributed by atoms with van der Waals surface area (Å²) in [5.41, 5.74) is 2.89. The van der Waals surface area contributed by atoms with Crippen LogP contribution in [0.15, 0.2) is 69.4 Å². The molecule has 1 N–H and O–H groups in total. The zero-order chi connectivity index (χ0) is 18.4. The van der Waals surface area contributed by atoms with Crippen molar-refractivity contribution in [3.8, 4) is 0 Å². The molecule has 0 saturated heterocycles. The maximum atomic E-state index is 12.0. The van der Waals surface area contributed by atoms with Gasteiger partial charge in [-0.3, -0.25) is 14.9 Å². The Morgan fingerprint density at radius 3 is 2.73 bits per heavy atom. The van der Waals surface area contributed by atoms with Crippen LogP contribution in [-0.2, 0) is 4.79 Å². The summed E-state index contributed by atoms with van der Waals surface area (Å²) < 4.78 is 0.849. The fourth-order valence-corrected chi connectivity index (χ4v) is 3.46. The number of non-ortho nitro benzene ring substituents is 1. The van der Waals surface area contributed by atoms with E-state index in [0.717, 1.165) is 9.24 Å². The van der Waals surface area contributed by atoms with Crippen molar-refractivity contribution in [1.82, 2.24) is 10.2 Å². The number of carbonyl (C=O) groups excluding carboxylic acids is 1. The highest BCUT2D eigenvalue weighted by Crippen LogP contribution is 2.29. The third-order valence-electron chi connectivity index (χ3n) is 3.18. The van der Waals surface area contributed by atoms with E-state index in [4.69, 9.17) is 0 Å². The Balaban J connectivity index is 1.59. The Morgan fingerprint density at radius 2 is 2.04 bits per heavy atom. The van der Waals surface area contributed by atoms with Crippen molar-refractivity contribution < 1.29 is 9.72 Å². The van der Waals surface area contributed by atoms with Crippen LogP contribution in [0.1, 0.15) is 5.56 Å². The third kappa shape index (κ3) is 4.98. The molecule has 0 saturated carbocycles. The largest absolute Gasteiger partial charge is 0.323 e. The summed E-state index contributed by atoms with van der Waals surface area (Å²) in [6.07, 6.45) is 2.87. The summed E-state index contributed by atoms with van der Waals surface area (Å²) in [5.74, 6) is -0.318. The van der Waals surface area contributed by atoms with Crippen LogP contribution >= 0.6 is 23.1 Å². The van der Waals surface area contributed by atoms with Gasteiger partial charge in [-0.2, -0.15) is 0 Å². The van der Waals surface area contributed by atoms with Gasteiger partial charge in [0.25, 0.3) is 5.69 Å². The number of hydrogen-bond acceptors (Lipinski definition) is 7. The predicted molar refractivity (Wildman–Crippen MR) is 101 cm³/mol. The van der Waals surface area contributed by atoms with Crippen LogP contribution in [0.4, 0.5) is 11.4 Å². The maximum absolute atomic E-state index is 12.0. The van der Waals surface area contributed by atoms with Crippen molar-refractivity contribution >= 4 is 46.5 Å². The molecule has 0 atom stereocenters. The maximum Gasteiger partial charge on any atom is 0.270 e. The van der Waals surface area contributed by atoms with E-state index in [0.29, 0.717) is 11.3 Å². The van der Waals surface area contributed by atoms with Gasteiger partial charge in [-0.1, -0.05) is 35.2 Å². The standard InChI is InChI=1S/C17H12N4O3S2/c22-16(9-4-12-2-1-3-14(10-12)21(23)24)19-13-5-7-15(8-6-13)26-17-20-18-11-25-17/h1-11H,(H,19,22). The van der Waals surface area contributed by atoms with Crippen molar-refractivity contribution in [3.63, 3.8) is 0 Å².